The molecule has 0 bridgehead atoms. The zero-order valence-electron chi connectivity index (χ0n) is 11.5. The summed E-state index contributed by atoms with van der Waals surface area (Å²) < 4.78 is 7.19. The number of nitrogens with zero attached hydrogens (tertiary/aromatic N) is 1. The first-order valence-electron chi connectivity index (χ1n) is 6.67. The molecule has 0 amide bonds. The van der Waals surface area contributed by atoms with E-state index in [1.807, 2.05) is 0 Å². The summed E-state index contributed by atoms with van der Waals surface area (Å²) in [7, 11) is 2.20. The predicted molar refractivity (Wildman–Crippen MR) is 79.4 cm³/mol. The molecule has 100 valence electrons. The molecule has 1 heterocycles. The molecular weight excluding hydrogens is 290 g/mol. The van der Waals surface area contributed by atoms with Gasteiger partial charge in [-0.25, -0.2) is 0 Å². The summed E-state index contributed by atoms with van der Waals surface area (Å²) in [5, 5.41) is 0. The normalized spacial score (nSPS) is 21.0. The molecule has 2 nitrogen and oxygen atoms in total. The highest BCUT2D eigenvalue weighted by Crippen LogP contribution is 2.28. The highest BCUT2D eigenvalue weighted by atomic mass is 79.9. The van der Waals surface area contributed by atoms with Crippen molar-refractivity contribution in [3.05, 3.63) is 27.7 Å². The number of halogens is 1. The van der Waals surface area contributed by atoms with E-state index in [0.717, 1.165) is 16.8 Å². The van der Waals surface area contributed by atoms with Gasteiger partial charge in [-0.15, -0.1) is 0 Å². The Bertz CT molecular complexity index is 396. The van der Waals surface area contributed by atoms with Gasteiger partial charge in [0.2, 0.25) is 0 Å². The topological polar surface area (TPSA) is 12.5 Å². The number of likely N-dealkylation sites (N-methyl/N-ethyl adjacent to an activating group) is 1. The van der Waals surface area contributed by atoms with E-state index in [4.69, 9.17) is 4.74 Å². The summed E-state index contributed by atoms with van der Waals surface area (Å²) in [4.78, 5) is 2.42. The van der Waals surface area contributed by atoms with E-state index in [1.54, 1.807) is 0 Å². The summed E-state index contributed by atoms with van der Waals surface area (Å²) in [6, 6.07) is 4.81. The Balaban J connectivity index is 2.01. The van der Waals surface area contributed by atoms with Crippen molar-refractivity contribution < 1.29 is 4.74 Å². The van der Waals surface area contributed by atoms with E-state index in [9.17, 15) is 0 Å². The molecule has 0 aromatic heterocycles. The molecule has 0 N–H and O–H groups in total. The summed E-state index contributed by atoms with van der Waals surface area (Å²) in [6.07, 6.45) is 3.91. The monoisotopic (exact) mass is 311 g/mol. The van der Waals surface area contributed by atoms with Crippen molar-refractivity contribution in [1.82, 2.24) is 4.90 Å². The van der Waals surface area contributed by atoms with Gasteiger partial charge in [0.25, 0.3) is 0 Å². The zero-order valence-corrected chi connectivity index (χ0v) is 13.1. The van der Waals surface area contributed by atoms with Crippen LogP contribution in [0.5, 0.6) is 5.75 Å². The van der Waals surface area contributed by atoms with E-state index in [1.165, 1.54) is 36.9 Å². The highest BCUT2D eigenvalue weighted by molar-refractivity contribution is 9.10. The van der Waals surface area contributed by atoms with Crippen LogP contribution in [0.25, 0.3) is 0 Å². The van der Waals surface area contributed by atoms with Gasteiger partial charge in [-0.3, -0.25) is 0 Å². The molecule has 1 saturated heterocycles. The SMILES string of the molecule is Cc1cc(Br)cc(C)c1OCC1CCCCN1C. The van der Waals surface area contributed by atoms with E-state index < -0.39 is 0 Å². The lowest BCUT2D eigenvalue weighted by Crippen LogP contribution is -2.40. The Hall–Kier alpha value is -0.540. The second kappa shape index (κ2) is 6.07. The van der Waals surface area contributed by atoms with Crippen LogP contribution in [0.2, 0.25) is 0 Å². The maximum atomic E-state index is 6.07. The Morgan fingerprint density at radius 3 is 2.56 bits per heavy atom. The summed E-state index contributed by atoms with van der Waals surface area (Å²) in [5.74, 6) is 1.05. The average Bonchev–Trinajstić information content (AvgIpc) is 2.30. The van der Waals surface area contributed by atoms with Crippen LogP contribution < -0.4 is 4.74 Å². The number of ether oxygens (including phenoxy) is 1. The fraction of sp³-hybridized carbons (Fsp3) is 0.600. The largest absolute Gasteiger partial charge is 0.491 e. The first-order chi connectivity index (χ1) is 8.58. The standard InChI is InChI=1S/C15H22BrNO/c1-11-8-13(16)9-12(2)15(11)18-10-14-6-4-5-7-17(14)3/h8-9,14H,4-7,10H2,1-3H3. The summed E-state index contributed by atoms with van der Waals surface area (Å²) in [6.45, 7) is 6.22. The lowest BCUT2D eigenvalue weighted by Gasteiger charge is -2.32. The molecule has 18 heavy (non-hydrogen) atoms. The second-order valence-electron chi connectivity index (χ2n) is 5.31. The number of likely N-dealkylation sites (tertiary alicyclic amines) is 1. The van der Waals surface area contributed by atoms with Gasteiger partial charge in [0.1, 0.15) is 12.4 Å². The molecule has 1 fully saturated rings. The van der Waals surface area contributed by atoms with Gasteiger partial charge in [-0.2, -0.15) is 0 Å². The van der Waals surface area contributed by atoms with Crippen LogP contribution in [0.15, 0.2) is 16.6 Å². The second-order valence-corrected chi connectivity index (χ2v) is 6.23. The molecule has 0 spiro atoms. The van der Waals surface area contributed by atoms with Crippen LogP contribution in [-0.2, 0) is 0 Å². The van der Waals surface area contributed by atoms with Crippen LogP contribution in [-0.4, -0.2) is 31.1 Å². The average molecular weight is 312 g/mol. The van der Waals surface area contributed by atoms with Crippen molar-refractivity contribution in [2.24, 2.45) is 0 Å². The quantitative estimate of drug-likeness (QED) is 0.838. The van der Waals surface area contributed by atoms with Gasteiger partial charge in [0.05, 0.1) is 0 Å². The molecule has 1 aromatic rings. The molecule has 0 saturated carbocycles. The Labute approximate surface area is 118 Å². The van der Waals surface area contributed by atoms with Crippen LogP contribution in [0.4, 0.5) is 0 Å². The van der Waals surface area contributed by atoms with Crippen molar-refractivity contribution in [2.75, 3.05) is 20.2 Å². The fourth-order valence-corrected chi connectivity index (χ4v) is 3.35. The van der Waals surface area contributed by atoms with Crippen LogP contribution in [0.3, 0.4) is 0 Å². The molecule has 2 rings (SSSR count). The minimum Gasteiger partial charge on any atom is -0.491 e. The first-order valence-corrected chi connectivity index (χ1v) is 7.47. The molecule has 1 unspecified atom stereocenters. The molecule has 1 aromatic carbocycles. The van der Waals surface area contributed by atoms with Crippen molar-refractivity contribution in [1.29, 1.82) is 0 Å². The van der Waals surface area contributed by atoms with E-state index in [-0.39, 0.29) is 0 Å². The first kappa shape index (κ1) is 13.9. The van der Waals surface area contributed by atoms with Gasteiger partial charge in [-0.1, -0.05) is 22.4 Å². The van der Waals surface area contributed by atoms with Gasteiger partial charge in [0.15, 0.2) is 0 Å². The zero-order chi connectivity index (χ0) is 13.1. The minimum atomic E-state index is 0.571. The summed E-state index contributed by atoms with van der Waals surface area (Å²) in [5.41, 5.74) is 2.42. The third-order valence-electron chi connectivity index (χ3n) is 3.77. The van der Waals surface area contributed by atoms with Crippen LogP contribution in [0, 0.1) is 13.8 Å². The number of hydrogen-bond acceptors (Lipinski definition) is 2. The number of rotatable bonds is 3. The molecule has 0 radical (unpaired) electrons. The lowest BCUT2D eigenvalue weighted by atomic mass is 10.0. The number of aryl methyl sites for hydroxylation is 2. The van der Waals surface area contributed by atoms with Gasteiger partial charge < -0.3 is 9.64 Å². The molecule has 3 heteroatoms. The van der Waals surface area contributed by atoms with E-state index >= 15 is 0 Å². The van der Waals surface area contributed by atoms with E-state index in [0.29, 0.717) is 6.04 Å². The predicted octanol–water partition coefficient (Wildman–Crippen LogP) is 3.93. The smallest absolute Gasteiger partial charge is 0.125 e. The molecule has 0 aliphatic carbocycles. The Morgan fingerprint density at radius 2 is 1.94 bits per heavy atom. The Kier molecular flexibility index (Phi) is 4.68. The maximum absolute atomic E-state index is 6.07. The minimum absolute atomic E-state index is 0.571. The third kappa shape index (κ3) is 3.27. The molecule has 1 aliphatic heterocycles. The van der Waals surface area contributed by atoms with Crippen LogP contribution in [0.1, 0.15) is 30.4 Å². The number of benzene rings is 1. The summed E-state index contributed by atoms with van der Waals surface area (Å²) >= 11 is 3.52. The van der Waals surface area contributed by atoms with Gasteiger partial charge in [0, 0.05) is 10.5 Å². The van der Waals surface area contributed by atoms with Crippen molar-refractivity contribution >= 4 is 15.9 Å². The van der Waals surface area contributed by atoms with Gasteiger partial charge in [-0.05, 0) is 63.5 Å². The van der Waals surface area contributed by atoms with Crippen molar-refractivity contribution in [3.63, 3.8) is 0 Å². The molecule has 1 aliphatic rings. The van der Waals surface area contributed by atoms with Crippen molar-refractivity contribution in [3.8, 4) is 5.75 Å². The van der Waals surface area contributed by atoms with Crippen LogP contribution >= 0.6 is 15.9 Å². The van der Waals surface area contributed by atoms with E-state index in [2.05, 4.69) is 53.9 Å². The number of piperidine rings is 1. The van der Waals surface area contributed by atoms with Gasteiger partial charge >= 0.3 is 0 Å². The lowest BCUT2D eigenvalue weighted by molar-refractivity contribution is 0.124. The number of hydrogen-bond donors (Lipinski definition) is 0. The highest BCUT2D eigenvalue weighted by Gasteiger charge is 2.20. The third-order valence-corrected chi connectivity index (χ3v) is 4.22. The van der Waals surface area contributed by atoms with Crippen molar-refractivity contribution in [2.45, 2.75) is 39.2 Å². The maximum Gasteiger partial charge on any atom is 0.125 e. The molecule has 1 atom stereocenters. The fourth-order valence-electron chi connectivity index (χ4n) is 2.66. The Morgan fingerprint density at radius 1 is 1.28 bits per heavy atom. The molecular formula is C15H22BrNO.